The molecule has 0 amide bonds. The number of benzene rings is 1. The zero-order valence-electron chi connectivity index (χ0n) is 12.8. The Morgan fingerprint density at radius 3 is 2.57 bits per heavy atom. The van der Waals surface area contributed by atoms with E-state index in [0.717, 1.165) is 31.7 Å². The molecule has 2 fully saturated rings. The Kier molecular flexibility index (Phi) is 4.76. The summed E-state index contributed by atoms with van der Waals surface area (Å²) < 4.78 is 19.2. The van der Waals surface area contributed by atoms with Crippen LogP contribution in [0.3, 0.4) is 0 Å². The lowest BCUT2D eigenvalue weighted by Crippen LogP contribution is -2.46. The molecule has 1 aliphatic heterocycles. The Balaban J connectivity index is 1.88. The smallest absolute Gasteiger partial charge is 0.165 e. The Bertz CT molecular complexity index is 468. The van der Waals surface area contributed by atoms with Crippen molar-refractivity contribution in [2.24, 2.45) is 5.92 Å². The fourth-order valence-electron chi connectivity index (χ4n) is 3.88. The van der Waals surface area contributed by atoms with Gasteiger partial charge in [0.05, 0.1) is 7.11 Å². The third-order valence-corrected chi connectivity index (χ3v) is 4.91. The molecule has 1 aromatic carbocycles. The van der Waals surface area contributed by atoms with E-state index in [4.69, 9.17) is 4.74 Å². The highest BCUT2D eigenvalue weighted by Crippen LogP contribution is 2.40. The maximum atomic E-state index is 14.1. The number of hydrogen-bond donors (Lipinski definition) is 1. The standard InChI is InChI=1S/C17H25FN2O/c1-21-16-7-6-14(12-15(16)18)17(13-4-2-3-5-13)20-10-8-19-9-11-20/h6-7,12-13,17,19H,2-5,8-11H2,1H3/t17-/m1/s1. The van der Waals surface area contributed by atoms with Crippen LogP contribution in [0.2, 0.25) is 0 Å². The minimum absolute atomic E-state index is 0.242. The summed E-state index contributed by atoms with van der Waals surface area (Å²) in [5, 5.41) is 3.41. The first-order chi connectivity index (χ1) is 10.3. The number of hydrogen-bond acceptors (Lipinski definition) is 3. The highest BCUT2D eigenvalue weighted by Gasteiger charge is 2.32. The van der Waals surface area contributed by atoms with Crippen molar-refractivity contribution in [1.82, 2.24) is 10.2 Å². The summed E-state index contributed by atoms with van der Waals surface area (Å²) in [5.74, 6) is 0.758. The van der Waals surface area contributed by atoms with Crippen LogP contribution in [0.5, 0.6) is 5.75 Å². The molecule has 21 heavy (non-hydrogen) atoms. The van der Waals surface area contributed by atoms with E-state index in [9.17, 15) is 4.39 Å². The molecule has 0 spiro atoms. The van der Waals surface area contributed by atoms with Crippen molar-refractivity contribution >= 4 is 0 Å². The van der Waals surface area contributed by atoms with Crippen LogP contribution >= 0.6 is 0 Å². The molecule has 1 saturated heterocycles. The van der Waals surface area contributed by atoms with Gasteiger partial charge in [0.2, 0.25) is 0 Å². The number of piperazine rings is 1. The van der Waals surface area contributed by atoms with Crippen molar-refractivity contribution in [3.63, 3.8) is 0 Å². The second kappa shape index (κ2) is 6.75. The van der Waals surface area contributed by atoms with E-state index in [-0.39, 0.29) is 5.82 Å². The topological polar surface area (TPSA) is 24.5 Å². The van der Waals surface area contributed by atoms with Gasteiger partial charge in [0.25, 0.3) is 0 Å². The van der Waals surface area contributed by atoms with Crippen molar-refractivity contribution in [2.75, 3.05) is 33.3 Å². The van der Waals surface area contributed by atoms with Gasteiger partial charge in [-0.1, -0.05) is 18.9 Å². The van der Waals surface area contributed by atoms with Crippen LogP contribution in [0, 0.1) is 11.7 Å². The van der Waals surface area contributed by atoms with E-state index in [2.05, 4.69) is 10.2 Å². The van der Waals surface area contributed by atoms with Gasteiger partial charge in [0, 0.05) is 32.2 Å². The van der Waals surface area contributed by atoms with E-state index in [1.165, 1.54) is 32.8 Å². The van der Waals surface area contributed by atoms with Crippen molar-refractivity contribution in [1.29, 1.82) is 0 Å². The number of nitrogens with one attached hydrogen (secondary N) is 1. The molecule has 0 bridgehead atoms. The number of methoxy groups -OCH3 is 1. The molecule has 1 atom stereocenters. The summed E-state index contributed by atoms with van der Waals surface area (Å²) in [4.78, 5) is 2.54. The zero-order chi connectivity index (χ0) is 14.7. The van der Waals surface area contributed by atoms with Crippen LogP contribution in [0.1, 0.15) is 37.3 Å². The Morgan fingerprint density at radius 1 is 1.24 bits per heavy atom. The molecule has 1 N–H and O–H groups in total. The second-order valence-corrected chi connectivity index (χ2v) is 6.17. The third-order valence-electron chi connectivity index (χ3n) is 4.91. The van der Waals surface area contributed by atoms with Gasteiger partial charge in [-0.3, -0.25) is 4.90 Å². The van der Waals surface area contributed by atoms with E-state index in [0.29, 0.717) is 17.7 Å². The van der Waals surface area contributed by atoms with Gasteiger partial charge < -0.3 is 10.1 Å². The van der Waals surface area contributed by atoms with Crippen LogP contribution < -0.4 is 10.1 Å². The van der Waals surface area contributed by atoms with Gasteiger partial charge in [-0.25, -0.2) is 4.39 Å². The van der Waals surface area contributed by atoms with Gasteiger partial charge in [-0.15, -0.1) is 0 Å². The highest BCUT2D eigenvalue weighted by atomic mass is 19.1. The summed E-state index contributed by atoms with van der Waals surface area (Å²) in [6.07, 6.45) is 5.16. The highest BCUT2D eigenvalue weighted by molar-refractivity contribution is 5.31. The summed E-state index contributed by atoms with van der Waals surface area (Å²) in [6.45, 7) is 4.16. The van der Waals surface area contributed by atoms with E-state index in [1.54, 1.807) is 12.1 Å². The van der Waals surface area contributed by atoms with Gasteiger partial charge in [-0.2, -0.15) is 0 Å². The molecule has 2 aliphatic rings. The second-order valence-electron chi connectivity index (χ2n) is 6.17. The molecular weight excluding hydrogens is 267 g/mol. The fourth-order valence-corrected chi connectivity index (χ4v) is 3.88. The van der Waals surface area contributed by atoms with Crippen LogP contribution in [0.4, 0.5) is 4.39 Å². The predicted molar refractivity (Wildman–Crippen MR) is 82.1 cm³/mol. The molecule has 4 heteroatoms. The molecule has 116 valence electrons. The SMILES string of the molecule is COc1ccc([C@@H](C2CCCC2)N2CCNCC2)cc1F. The lowest BCUT2D eigenvalue weighted by molar-refractivity contribution is 0.125. The maximum Gasteiger partial charge on any atom is 0.165 e. The molecule has 1 aromatic rings. The minimum Gasteiger partial charge on any atom is -0.494 e. The van der Waals surface area contributed by atoms with Gasteiger partial charge in [-0.05, 0) is 36.5 Å². The monoisotopic (exact) mass is 292 g/mol. The van der Waals surface area contributed by atoms with Crippen molar-refractivity contribution in [2.45, 2.75) is 31.7 Å². The molecule has 3 rings (SSSR count). The van der Waals surface area contributed by atoms with Crippen LogP contribution in [-0.4, -0.2) is 38.2 Å². The summed E-state index contributed by atoms with van der Waals surface area (Å²) >= 11 is 0. The lowest BCUT2D eigenvalue weighted by atomic mass is 9.89. The molecule has 3 nitrogen and oxygen atoms in total. The first kappa shape index (κ1) is 14.8. The molecule has 0 unspecified atom stereocenters. The summed E-state index contributed by atoms with van der Waals surface area (Å²) in [5.41, 5.74) is 1.11. The predicted octanol–water partition coefficient (Wildman–Crippen LogP) is 2.97. The maximum absolute atomic E-state index is 14.1. The lowest BCUT2D eigenvalue weighted by Gasteiger charge is -2.38. The van der Waals surface area contributed by atoms with Gasteiger partial charge in [0.15, 0.2) is 11.6 Å². The summed E-state index contributed by atoms with van der Waals surface area (Å²) in [6, 6.07) is 5.86. The van der Waals surface area contributed by atoms with Crippen molar-refractivity contribution in [3.8, 4) is 5.75 Å². The Labute approximate surface area is 126 Å². The van der Waals surface area contributed by atoms with E-state index in [1.807, 2.05) is 6.07 Å². The molecule has 1 heterocycles. The molecule has 0 radical (unpaired) electrons. The van der Waals surface area contributed by atoms with E-state index < -0.39 is 0 Å². The first-order valence-electron chi connectivity index (χ1n) is 8.08. The average molecular weight is 292 g/mol. The fraction of sp³-hybridized carbons (Fsp3) is 0.647. The van der Waals surface area contributed by atoms with Crippen LogP contribution in [0.25, 0.3) is 0 Å². The van der Waals surface area contributed by atoms with Gasteiger partial charge in [0.1, 0.15) is 0 Å². The number of ether oxygens (including phenoxy) is 1. The molecular formula is C17H25FN2O. The van der Waals surface area contributed by atoms with Crippen molar-refractivity contribution < 1.29 is 9.13 Å². The summed E-state index contributed by atoms with van der Waals surface area (Å²) in [7, 11) is 1.52. The minimum atomic E-state index is -0.242. The van der Waals surface area contributed by atoms with E-state index >= 15 is 0 Å². The van der Waals surface area contributed by atoms with Gasteiger partial charge >= 0.3 is 0 Å². The first-order valence-corrected chi connectivity index (χ1v) is 8.08. The Morgan fingerprint density at radius 2 is 1.95 bits per heavy atom. The van der Waals surface area contributed by atoms with Crippen LogP contribution in [-0.2, 0) is 0 Å². The third kappa shape index (κ3) is 3.22. The number of halogens is 1. The molecule has 1 aliphatic carbocycles. The quantitative estimate of drug-likeness (QED) is 0.923. The zero-order valence-corrected chi connectivity index (χ0v) is 12.8. The normalized spacial score (nSPS) is 22.4. The molecule has 1 saturated carbocycles. The number of rotatable bonds is 4. The van der Waals surface area contributed by atoms with Crippen molar-refractivity contribution in [3.05, 3.63) is 29.6 Å². The largest absolute Gasteiger partial charge is 0.494 e. The van der Waals surface area contributed by atoms with Crippen LogP contribution in [0.15, 0.2) is 18.2 Å². The Hall–Kier alpha value is -1.13. The number of nitrogens with zero attached hydrogens (tertiary/aromatic N) is 1. The average Bonchev–Trinajstić information content (AvgIpc) is 3.03. The molecule has 0 aromatic heterocycles.